The van der Waals surface area contributed by atoms with Crippen LogP contribution >= 0.6 is 12.4 Å². The summed E-state index contributed by atoms with van der Waals surface area (Å²) in [5.41, 5.74) is -0.743. The van der Waals surface area contributed by atoms with Crippen LogP contribution in [0, 0.1) is 0 Å². The van der Waals surface area contributed by atoms with Gasteiger partial charge in [0.15, 0.2) is 0 Å². The van der Waals surface area contributed by atoms with Gasteiger partial charge in [-0.2, -0.15) is 0 Å². The van der Waals surface area contributed by atoms with Gasteiger partial charge < -0.3 is 5.32 Å². The van der Waals surface area contributed by atoms with Crippen LogP contribution in [0.4, 0.5) is 8.78 Å². The van der Waals surface area contributed by atoms with Gasteiger partial charge in [0.25, 0.3) is 5.92 Å². The van der Waals surface area contributed by atoms with Crippen LogP contribution in [0.15, 0.2) is 0 Å². The van der Waals surface area contributed by atoms with Gasteiger partial charge in [0.1, 0.15) is 0 Å². The summed E-state index contributed by atoms with van der Waals surface area (Å²) in [4.78, 5) is 0. The highest BCUT2D eigenvalue weighted by atomic mass is 35.5. The molecule has 1 N–H and O–H groups in total. The molecule has 1 heterocycles. The Hall–Kier alpha value is 0.110. The summed E-state index contributed by atoms with van der Waals surface area (Å²) in [7, 11) is 0. The molecule has 4 heteroatoms. The maximum atomic E-state index is 12.7. The summed E-state index contributed by atoms with van der Waals surface area (Å²) in [5.74, 6) is -2.41. The normalized spacial score (nSPS) is 31.8. The number of rotatable bonds is 0. The minimum Gasteiger partial charge on any atom is -0.306 e. The van der Waals surface area contributed by atoms with Gasteiger partial charge in [0, 0.05) is 13.0 Å². The van der Waals surface area contributed by atoms with Crippen molar-refractivity contribution in [2.24, 2.45) is 0 Å². The van der Waals surface area contributed by atoms with Crippen molar-refractivity contribution < 1.29 is 8.78 Å². The van der Waals surface area contributed by atoms with Crippen molar-refractivity contribution in [3.8, 4) is 0 Å². The topological polar surface area (TPSA) is 12.0 Å². The van der Waals surface area contributed by atoms with Gasteiger partial charge in [-0.3, -0.25) is 0 Å². The average molecular weight is 170 g/mol. The Labute approximate surface area is 64.6 Å². The van der Waals surface area contributed by atoms with E-state index in [2.05, 4.69) is 5.32 Å². The monoisotopic (exact) mass is 169 g/mol. The van der Waals surface area contributed by atoms with Crippen LogP contribution in [0.5, 0.6) is 0 Å². The van der Waals surface area contributed by atoms with Crippen LogP contribution in [0.1, 0.15) is 19.3 Å². The van der Waals surface area contributed by atoms with E-state index in [0.29, 0.717) is 19.4 Å². The van der Waals surface area contributed by atoms with Crippen LogP contribution in [0.3, 0.4) is 0 Å². The molecule has 1 spiro atoms. The van der Waals surface area contributed by atoms with Gasteiger partial charge in [-0.15, -0.1) is 12.4 Å². The molecule has 60 valence electrons. The van der Waals surface area contributed by atoms with E-state index < -0.39 is 11.5 Å². The average Bonchev–Trinajstić information content (AvgIpc) is 2.41. The zero-order chi connectivity index (χ0) is 6.54. The Balaban J connectivity index is 0.000000500. The van der Waals surface area contributed by atoms with E-state index in [4.69, 9.17) is 0 Å². The number of halogens is 3. The van der Waals surface area contributed by atoms with Gasteiger partial charge >= 0.3 is 0 Å². The summed E-state index contributed by atoms with van der Waals surface area (Å²) in [6, 6.07) is 0. The van der Waals surface area contributed by atoms with E-state index in [-0.39, 0.29) is 18.8 Å². The van der Waals surface area contributed by atoms with Crippen molar-refractivity contribution in [1.29, 1.82) is 0 Å². The summed E-state index contributed by atoms with van der Waals surface area (Å²) < 4.78 is 25.4. The summed E-state index contributed by atoms with van der Waals surface area (Å²) in [6.45, 7) is 0.493. The van der Waals surface area contributed by atoms with Crippen molar-refractivity contribution in [3.63, 3.8) is 0 Å². The molecule has 1 saturated carbocycles. The summed E-state index contributed by atoms with van der Waals surface area (Å²) in [6.07, 6.45) is 1.37. The molecule has 1 aliphatic carbocycles. The first kappa shape index (κ1) is 8.21. The van der Waals surface area contributed by atoms with Gasteiger partial charge in [-0.25, -0.2) is 8.78 Å². The fourth-order valence-corrected chi connectivity index (χ4v) is 1.49. The largest absolute Gasteiger partial charge is 0.306 e. The zero-order valence-corrected chi connectivity index (χ0v) is 6.31. The van der Waals surface area contributed by atoms with E-state index in [1.807, 2.05) is 0 Å². The van der Waals surface area contributed by atoms with Gasteiger partial charge in [0.05, 0.1) is 5.54 Å². The van der Waals surface area contributed by atoms with Crippen molar-refractivity contribution in [2.45, 2.75) is 30.7 Å². The van der Waals surface area contributed by atoms with E-state index in [9.17, 15) is 8.78 Å². The smallest absolute Gasteiger partial charge is 0.267 e. The molecule has 0 radical (unpaired) electrons. The first-order valence-corrected chi connectivity index (χ1v) is 3.29. The van der Waals surface area contributed by atoms with E-state index in [1.165, 1.54) is 0 Å². The maximum Gasteiger partial charge on any atom is 0.267 e. The molecule has 0 aromatic heterocycles. The van der Waals surface area contributed by atoms with Gasteiger partial charge in [0.2, 0.25) is 0 Å². The molecule has 1 aliphatic heterocycles. The lowest BCUT2D eigenvalue weighted by atomic mass is 10.1. The highest BCUT2D eigenvalue weighted by Gasteiger charge is 2.64. The second-order valence-electron chi connectivity index (χ2n) is 2.96. The third kappa shape index (κ3) is 0.839. The minimum absolute atomic E-state index is 0. The first-order chi connectivity index (χ1) is 4.16. The Bertz CT molecular complexity index is 141. The number of hydrogen-bond acceptors (Lipinski definition) is 1. The van der Waals surface area contributed by atoms with Gasteiger partial charge in [-0.05, 0) is 12.8 Å². The summed E-state index contributed by atoms with van der Waals surface area (Å²) in [5, 5.41) is 2.85. The number of hydrogen-bond donors (Lipinski definition) is 1. The van der Waals surface area contributed by atoms with Crippen LogP contribution in [0.2, 0.25) is 0 Å². The third-order valence-corrected chi connectivity index (χ3v) is 2.35. The predicted molar refractivity (Wildman–Crippen MR) is 36.8 cm³/mol. The maximum absolute atomic E-state index is 12.7. The molecule has 2 rings (SSSR count). The number of alkyl halides is 2. The summed E-state index contributed by atoms with van der Waals surface area (Å²) >= 11 is 0. The molecule has 2 aliphatic rings. The number of nitrogens with one attached hydrogen (secondary N) is 1. The van der Waals surface area contributed by atoms with Crippen LogP contribution in [-0.4, -0.2) is 18.0 Å². The van der Waals surface area contributed by atoms with E-state index in [0.717, 1.165) is 0 Å². The molecular formula is C6H10ClF2N. The third-order valence-electron chi connectivity index (χ3n) is 2.35. The molecule has 10 heavy (non-hydrogen) atoms. The van der Waals surface area contributed by atoms with Crippen LogP contribution < -0.4 is 5.32 Å². The fraction of sp³-hybridized carbons (Fsp3) is 1.00. The lowest BCUT2D eigenvalue weighted by Crippen LogP contribution is -2.37. The SMILES string of the molecule is Cl.FC1(F)CCNC12CC2. The molecule has 0 aromatic carbocycles. The van der Waals surface area contributed by atoms with E-state index >= 15 is 0 Å². The molecule has 0 aromatic rings. The Morgan fingerprint density at radius 1 is 1.10 bits per heavy atom. The molecule has 0 bridgehead atoms. The van der Waals surface area contributed by atoms with Crippen LogP contribution in [0.25, 0.3) is 0 Å². The highest BCUT2D eigenvalue weighted by molar-refractivity contribution is 5.85. The predicted octanol–water partition coefficient (Wildman–Crippen LogP) is 1.57. The molecule has 0 amide bonds. The molecule has 1 saturated heterocycles. The zero-order valence-electron chi connectivity index (χ0n) is 5.49. The van der Waals surface area contributed by atoms with Crippen LogP contribution in [-0.2, 0) is 0 Å². The fourth-order valence-electron chi connectivity index (χ4n) is 1.49. The van der Waals surface area contributed by atoms with Crippen molar-refractivity contribution in [2.75, 3.05) is 6.54 Å². The molecule has 0 atom stereocenters. The molecular weight excluding hydrogens is 160 g/mol. The second-order valence-corrected chi connectivity index (χ2v) is 2.96. The lowest BCUT2D eigenvalue weighted by Gasteiger charge is -2.16. The Morgan fingerprint density at radius 2 is 1.70 bits per heavy atom. The Morgan fingerprint density at radius 3 is 1.90 bits per heavy atom. The molecule has 0 unspecified atom stereocenters. The van der Waals surface area contributed by atoms with E-state index in [1.54, 1.807) is 0 Å². The standard InChI is InChI=1S/C6H9F2N.ClH/c7-6(8)3-4-9-5(6)1-2-5;/h9H,1-4H2;1H. The van der Waals surface area contributed by atoms with Crippen molar-refractivity contribution in [3.05, 3.63) is 0 Å². The second kappa shape index (κ2) is 2.05. The quantitative estimate of drug-likeness (QED) is 0.581. The van der Waals surface area contributed by atoms with Crippen molar-refractivity contribution >= 4 is 12.4 Å². The molecule has 2 fully saturated rings. The first-order valence-electron chi connectivity index (χ1n) is 3.29. The Kier molecular flexibility index (Phi) is 1.68. The van der Waals surface area contributed by atoms with Gasteiger partial charge in [-0.1, -0.05) is 0 Å². The minimum atomic E-state index is -2.41. The lowest BCUT2D eigenvalue weighted by molar-refractivity contribution is -0.0209. The highest BCUT2D eigenvalue weighted by Crippen LogP contribution is 2.52. The molecule has 1 nitrogen and oxygen atoms in total. The van der Waals surface area contributed by atoms with Crippen molar-refractivity contribution in [1.82, 2.24) is 5.32 Å².